The second-order valence-corrected chi connectivity index (χ2v) is 12.0. The van der Waals surface area contributed by atoms with E-state index in [0.29, 0.717) is 39.3 Å². The molecule has 2 N–H and O–H groups in total. The smallest absolute Gasteiger partial charge is 0.266 e. The van der Waals surface area contributed by atoms with Crippen molar-refractivity contribution in [2.45, 2.75) is 65.0 Å². The molecule has 8 nitrogen and oxygen atoms in total. The third-order valence-electron chi connectivity index (χ3n) is 7.94. The van der Waals surface area contributed by atoms with Crippen molar-refractivity contribution in [2.75, 3.05) is 51.2 Å². The number of nitrogens with one attached hydrogen (secondary N) is 1. The Labute approximate surface area is 198 Å². The Kier molecular flexibility index (Phi) is 7.78. The summed E-state index contributed by atoms with van der Waals surface area (Å²) in [6, 6.07) is 0. The topological polar surface area (TPSA) is 93.2 Å². The van der Waals surface area contributed by atoms with Crippen LogP contribution in [0.5, 0.6) is 0 Å². The lowest BCUT2D eigenvalue weighted by Gasteiger charge is -2.44. The van der Waals surface area contributed by atoms with E-state index in [2.05, 4.69) is 39.5 Å². The van der Waals surface area contributed by atoms with Crippen LogP contribution in [-0.4, -0.2) is 79.8 Å². The van der Waals surface area contributed by atoms with Gasteiger partial charge in [0, 0.05) is 31.9 Å². The molecular formula is C24H40N4O4S. The first kappa shape index (κ1) is 25.9. The molecule has 0 aliphatic carbocycles. The lowest BCUT2D eigenvalue weighted by molar-refractivity contribution is -0.133. The molecule has 0 saturated carbocycles. The molecule has 9 heteroatoms. The van der Waals surface area contributed by atoms with Crippen LogP contribution in [0.4, 0.5) is 5.69 Å². The minimum Gasteiger partial charge on any atom is -0.368 e. The first-order chi connectivity index (χ1) is 15.5. The van der Waals surface area contributed by atoms with Crippen LogP contribution in [0.2, 0.25) is 0 Å². The number of piperazine rings is 1. The molecular weight excluding hydrogens is 440 g/mol. The van der Waals surface area contributed by atoms with Gasteiger partial charge in [0.05, 0.1) is 0 Å². The molecule has 0 bridgehead atoms. The Morgan fingerprint density at radius 3 is 1.91 bits per heavy atom. The molecule has 1 amide bonds. The summed E-state index contributed by atoms with van der Waals surface area (Å²) >= 11 is 0. The lowest BCUT2D eigenvalue weighted by atomic mass is 9.89. The third-order valence-corrected chi connectivity index (χ3v) is 10.6. The van der Waals surface area contributed by atoms with Crippen molar-refractivity contribution in [3.05, 3.63) is 27.8 Å². The number of amides is 1. The van der Waals surface area contributed by atoms with E-state index in [1.54, 1.807) is 5.48 Å². The first-order valence-electron chi connectivity index (χ1n) is 12.0. The van der Waals surface area contributed by atoms with Crippen molar-refractivity contribution < 1.29 is 18.4 Å². The van der Waals surface area contributed by atoms with E-state index in [9.17, 15) is 18.4 Å². The summed E-state index contributed by atoms with van der Waals surface area (Å²) in [5.74, 6) is -0.817. The second-order valence-electron chi connectivity index (χ2n) is 9.71. The van der Waals surface area contributed by atoms with Crippen LogP contribution in [0.3, 0.4) is 0 Å². The Balaban J connectivity index is 1.86. The fourth-order valence-electron chi connectivity index (χ4n) is 5.55. The molecule has 186 valence electrons. The summed E-state index contributed by atoms with van der Waals surface area (Å²) in [6.07, 6.45) is 2.52. The second kappa shape index (κ2) is 9.90. The maximum Gasteiger partial charge on any atom is 0.266 e. The Hall–Kier alpha value is -1.68. The number of carbonyl (C=O) groups excluding carboxylic acids is 1. The zero-order chi connectivity index (χ0) is 24.6. The van der Waals surface area contributed by atoms with E-state index in [-0.39, 0.29) is 12.8 Å². The van der Waals surface area contributed by atoms with Gasteiger partial charge < -0.3 is 9.80 Å². The van der Waals surface area contributed by atoms with Gasteiger partial charge in [0.1, 0.15) is 0 Å². The SMILES string of the molecule is CCCc1c(C)c(C)c(N2CCN(S(=O)(=O)C3(C(=O)NO)CCN(C)CC3)CC2)c(C)c1C. The van der Waals surface area contributed by atoms with Gasteiger partial charge in [0.2, 0.25) is 10.0 Å². The minimum absolute atomic E-state index is 0.175. The van der Waals surface area contributed by atoms with Gasteiger partial charge in [-0.3, -0.25) is 10.0 Å². The van der Waals surface area contributed by atoms with E-state index in [1.807, 2.05) is 11.9 Å². The van der Waals surface area contributed by atoms with Crippen molar-refractivity contribution in [1.82, 2.24) is 14.7 Å². The molecule has 0 unspecified atom stereocenters. The van der Waals surface area contributed by atoms with Gasteiger partial charge in [-0.15, -0.1) is 0 Å². The number of benzene rings is 1. The summed E-state index contributed by atoms with van der Waals surface area (Å²) in [6.45, 7) is 13.7. The van der Waals surface area contributed by atoms with E-state index in [4.69, 9.17) is 0 Å². The highest BCUT2D eigenvalue weighted by molar-refractivity contribution is 7.91. The summed E-state index contributed by atoms with van der Waals surface area (Å²) < 4.78 is 27.2. The summed E-state index contributed by atoms with van der Waals surface area (Å²) in [4.78, 5) is 16.9. The lowest BCUT2D eigenvalue weighted by Crippen LogP contribution is -2.63. The highest BCUT2D eigenvalue weighted by Crippen LogP contribution is 2.37. The van der Waals surface area contributed by atoms with Gasteiger partial charge >= 0.3 is 0 Å². The number of piperidine rings is 1. The number of sulfonamides is 1. The van der Waals surface area contributed by atoms with Crippen LogP contribution in [0.15, 0.2) is 0 Å². The Bertz CT molecular complexity index is 963. The van der Waals surface area contributed by atoms with Gasteiger partial charge in [0.15, 0.2) is 4.75 Å². The Morgan fingerprint density at radius 1 is 0.939 bits per heavy atom. The molecule has 2 saturated heterocycles. The van der Waals surface area contributed by atoms with Crippen LogP contribution in [0.25, 0.3) is 0 Å². The number of hydrogen-bond acceptors (Lipinski definition) is 6. The van der Waals surface area contributed by atoms with Crippen LogP contribution in [0, 0.1) is 27.7 Å². The van der Waals surface area contributed by atoms with Crippen LogP contribution >= 0.6 is 0 Å². The molecule has 0 radical (unpaired) electrons. The molecule has 1 aromatic carbocycles. The van der Waals surface area contributed by atoms with E-state index in [1.165, 1.54) is 37.8 Å². The molecule has 2 aliphatic heterocycles. The number of rotatable bonds is 6. The molecule has 2 aliphatic rings. The standard InChI is InChI=1S/C24H40N4O4S/c1-7-8-21-17(2)19(4)22(20(5)18(21)3)27-13-15-28(16-14-27)33(31,32)24(23(29)25-30)9-11-26(6)12-10-24/h30H,7-16H2,1-6H3,(H,25,29). The number of nitrogens with zero attached hydrogens (tertiary/aromatic N) is 3. The average molecular weight is 481 g/mol. The van der Waals surface area contributed by atoms with Crippen molar-refractivity contribution in [2.24, 2.45) is 0 Å². The van der Waals surface area contributed by atoms with Crippen molar-refractivity contribution >= 4 is 21.6 Å². The maximum atomic E-state index is 13.7. The highest BCUT2D eigenvalue weighted by Gasteiger charge is 2.54. The van der Waals surface area contributed by atoms with Crippen LogP contribution < -0.4 is 10.4 Å². The predicted octanol–water partition coefficient (Wildman–Crippen LogP) is 2.29. The predicted molar refractivity (Wildman–Crippen MR) is 131 cm³/mol. The third kappa shape index (κ3) is 4.40. The molecule has 0 spiro atoms. The summed E-state index contributed by atoms with van der Waals surface area (Å²) in [5, 5.41) is 9.34. The van der Waals surface area contributed by atoms with Crippen molar-refractivity contribution in [3.63, 3.8) is 0 Å². The zero-order valence-electron chi connectivity index (χ0n) is 21.0. The molecule has 0 aromatic heterocycles. The Morgan fingerprint density at radius 2 is 1.45 bits per heavy atom. The number of likely N-dealkylation sites (tertiary alicyclic amines) is 1. The first-order valence-corrected chi connectivity index (χ1v) is 13.4. The van der Waals surface area contributed by atoms with Gasteiger partial charge in [-0.05, 0) is 94.9 Å². The van der Waals surface area contributed by atoms with E-state index in [0.717, 1.165) is 12.8 Å². The zero-order valence-corrected chi connectivity index (χ0v) is 21.8. The van der Waals surface area contributed by atoms with Gasteiger partial charge in [-0.25, -0.2) is 13.9 Å². The molecule has 3 rings (SSSR count). The van der Waals surface area contributed by atoms with Crippen molar-refractivity contribution in [3.8, 4) is 0 Å². The quantitative estimate of drug-likeness (QED) is 0.479. The normalized spacial score (nSPS) is 20.2. The largest absolute Gasteiger partial charge is 0.368 e. The number of carbonyl (C=O) groups is 1. The summed E-state index contributed by atoms with van der Waals surface area (Å²) in [7, 11) is -2.02. The molecule has 2 heterocycles. The molecule has 1 aromatic rings. The fraction of sp³-hybridized carbons (Fsp3) is 0.708. The van der Waals surface area contributed by atoms with Gasteiger partial charge in [-0.1, -0.05) is 13.3 Å². The van der Waals surface area contributed by atoms with Gasteiger partial charge in [-0.2, -0.15) is 4.31 Å². The maximum absolute atomic E-state index is 13.7. The number of hydrogen-bond donors (Lipinski definition) is 2. The van der Waals surface area contributed by atoms with E-state index >= 15 is 0 Å². The summed E-state index contributed by atoms with van der Waals surface area (Å²) in [5.41, 5.74) is 9.47. The monoisotopic (exact) mass is 480 g/mol. The molecule has 0 atom stereocenters. The van der Waals surface area contributed by atoms with Crippen molar-refractivity contribution in [1.29, 1.82) is 0 Å². The van der Waals surface area contributed by atoms with E-state index < -0.39 is 20.7 Å². The molecule has 2 fully saturated rings. The molecule has 33 heavy (non-hydrogen) atoms. The van der Waals surface area contributed by atoms with Crippen LogP contribution in [0.1, 0.15) is 54.0 Å². The number of anilines is 1. The van der Waals surface area contributed by atoms with Crippen LogP contribution in [-0.2, 0) is 21.2 Å². The number of hydroxylamine groups is 1. The average Bonchev–Trinajstić information content (AvgIpc) is 2.81. The fourth-order valence-corrected chi connectivity index (χ4v) is 7.67. The minimum atomic E-state index is -3.93. The van der Waals surface area contributed by atoms with Gasteiger partial charge in [0.25, 0.3) is 5.91 Å². The highest BCUT2D eigenvalue weighted by atomic mass is 32.2.